The molecule has 0 rings (SSSR count). The number of aliphatic hydroxyl groups excluding tert-OH is 1. The Morgan fingerprint density at radius 3 is 2.40 bits per heavy atom. The second-order valence-corrected chi connectivity index (χ2v) is 1.65. The van der Waals surface area contributed by atoms with Crippen molar-refractivity contribution in [3.05, 3.63) is 0 Å². The maximum atomic E-state index is 8.26. The summed E-state index contributed by atoms with van der Waals surface area (Å²) >= 11 is 0. The van der Waals surface area contributed by atoms with E-state index in [4.69, 9.17) is 19.3 Å². The van der Waals surface area contributed by atoms with Crippen molar-refractivity contribution < 1.29 is 19.3 Å². The first-order chi connectivity index (χ1) is 4.91. The zero-order valence-corrected chi connectivity index (χ0v) is 6.21. The molecular weight excluding hydrogens is 136 g/mol. The molecule has 0 atom stereocenters. The standard InChI is InChI=1S/C6H14O4/c1-8-4-5-10-6-9-3-2-7/h7H,2-6H2,1H3. The van der Waals surface area contributed by atoms with Gasteiger partial charge in [-0.05, 0) is 0 Å². The van der Waals surface area contributed by atoms with Gasteiger partial charge in [0.05, 0.1) is 26.4 Å². The van der Waals surface area contributed by atoms with Gasteiger partial charge in [0.15, 0.2) is 0 Å². The third-order valence-electron chi connectivity index (χ3n) is 0.834. The van der Waals surface area contributed by atoms with Gasteiger partial charge in [-0.25, -0.2) is 0 Å². The smallest absolute Gasteiger partial charge is 0.146 e. The summed E-state index contributed by atoms with van der Waals surface area (Å²) in [7, 11) is 1.61. The number of aliphatic hydroxyl groups is 1. The predicted octanol–water partition coefficient (Wildman–Crippen LogP) is -0.384. The number of hydrogen-bond donors (Lipinski definition) is 1. The molecule has 0 aromatic carbocycles. The molecule has 0 aromatic rings. The average molecular weight is 150 g/mol. The zero-order valence-electron chi connectivity index (χ0n) is 6.21. The second-order valence-electron chi connectivity index (χ2n) is 1.65. The van der Waals surface area contributed by atoms with Gasteiger partial charge in [0.25, 0.3) is 0 Å². The van der Waals surface area contributed by atoms with Gasteiger partial charge in [-0.15, -0.1) is 0 Å². The van der Waals surface area contributed by atoms with Gasteiger partial charge in [0.1, 0.15) is 6.79 Å². The van der Waals surface area contributed by atoms with E-state index in [9.17, 15) is 0 Å². The van der Waals surface area contributed by atoms with Gasteiger partial charge >= 0.3 is 0 Å². The Morgan fingerprint density at radius 2 is 1.80 bits per heavy atom. The highest BCUT2D eigenvalue weighted by molar-refractivity contribution is 4.23. The third kappa shape index (κ3) is 7.84. The van der Waals surface area contributed by atoms with Gasteiger partial charge in [0.2, 0.25) is 0 Å². The Morgan fingerprint density at radius 1 is 1.10 bits per heavy atom. The number of rotatable bonds is 7. The quantitative estimate of drug-likeness (QED) is 0.397. The first-order valence-electron chi connectivity index (χ1n) is 3.17. The lowest BCUT2D eigenvalue weighted by molar-refractivity contribution is -0.0727. The van der Waals surface area contributed by atoms with Crippen molar-refractivity contribution in [1.82, 2.24) is 0 Å². The van der Waals surface area contributed by atoms with Crippen LogP contribution in [0.2, 0.25) is 0 Å². The lowest BCUT2D eigenvalue weighted by Crippen LogP contribution is -2.07. The molecule has 0 saturated heterocycles. The molecule has 0 aliphatic rings. The fourth-order valence-electron chi connectivity index (χ4n) is 0.384. The molecule has 0 unspecified atom stereocenters. The molecule has 0 bridgehead atoms. The highest BCUT2D eigenvalue weighted by Gasteiger charge is 1.85. The second kappa shape index (κ2) is 8.84. The summed E-state index contributed by atoms with van der Waals surface area (Å²) < 4.78 is 14.4. The van der Waals surface area contributed by atoms with Crippen LogP contribution in [0.4, 0.5) is 0 Å². The Balaban J connectivity index is 2.65. The normalized spacial score (nSPS) is 10.2. The third-order valence-corrected chi connectivity index (χ3v) is 0.834. The molecule has 0 amide bonds. The topological polar surface area (TPSA) is 47.9 Å². The predicted molar refractivity (Wildman–Crippen MR) is 35.7 cm³/mol. The van der Waals surface area contributed by atoms with E-state index in [0.29, 0.717) is 19.8 Å². The van der Waals surface area contributed by atoms with Crippen LogP contribution >= 0.6 is 0 Å². The molecule has 4 nitrogen and oxygen atoms in total. The fraction of sp³-hybridized carbons (Fsp3) is 1.00. The van der Waals surface area contributed by atoms with E-state index in [-0.39, 0.29) is 13.4 Å². The van der Waals surface area contributed by atoms with Crippen LogP contribution in [0, 0.1) is 0 Å². The van der Waals surface area contributed by atoms with Crippen LogP contribution in [0.1, 0.15) is 0 Å². The summed E-state index contributed by atoms with van der Waals surface area (Å²) in [5.41, 5.74) is 0. The average Bonchev–Trinajstić information content (AvgIpc) is 1.97. The molecular formula is C6H14O4. The van der Waals surface area contributed by atoms with E-state index in [1.807, 2.05) is 0 Å². The van der Waals surface area contributed by atoms with E-state index in [2.05, 4.69) is 0 Å². The minimum atomic E-state index is 0.0354. The summed E-state index contributed by atoms with van der Waals surface area (Å²) in [5, 5.41) is 8.26. The van der Waals surface area contributed by atoms with Crippen molar-refractivity contribution in [2.75, 3.05) is 40.3 Å². The van der Waals surface area contributed by atoms with E-state index in [1.54, 1.807) is 7.11 Å². The summed E-state index contributed by atoms with van der Waals surface area (Å²) in [6.07, 6.45) is 0. The summed E-state index contributed by atoms with van der Waals surface area (Å²) in [4.78, 5) is 0. The highest BCUT2D eigenvalue weighted by Crippen LogP contribution is 1.77. The van der Waals surface area contributed by atoms with Crippen molar-refractivity contribution in [2.24, 2.45) is 0 Å². The molecule has 0 fully saturated rings. The van der Waals surface area contributed by atoms with Crippen molar-refractivity contribution in [1.29, 1.82) is 0 Å². The molecule has 62 valence electrons. The van der Waals surface area contributed by atoms with Gasteiger partial charge in [-0.2, -0.15) is 0 Å². The van der Waals surface area contributed by atoms with E-state index in [1.165, 1.54) is 0 Å². The monoisotopic (exact) mass is 150 g/mol. The number of methoxy groups -OCH3 is 1. The van der Waals surface area contributed by atoms with Crippen LogP contribution in [0.15, 0.2) is 0 Å². The Hall–Kier alpha value is -0.160. The van der Waals surface area contributed by atoms with Crippen molar-refractivity contribution in [3.63, 3.8) is 0 Å². The Labute approximate surface area is 60.7 Å². The van der Waals surface area contributed by atoms with Crippen LogP contribution in [-0.2, 0) is 14.2 Å². The Bertz CT molecular complexity index is 49.7. The van der Waals surface area contributed by atoms with Crippen LogP contribution in [-0.4, -0.2) is 45.4 Å². The highest BCUT2D eigenvalue weighted by atomic mass is 16.7. The van der Waals surface area contributed by atoms with Crippen LogP contribution in [0.5, 0.6) is 0 Å². The number of ether oxygens (including phenoxy) is 3. The van der Waals surface area contributed by atoms with Gasteiger partial charge in [-0.1, -0.05) is 0 Å². The van der Waals surface area contributed by atoms with Crippen molar-refractivity contribution in [3.8, 4) is 0 Å². The lowest BCUT2D eigenvalue weighted by Gasteiger charge is -2.02. The zero-order chi connectivity index (χ0) is 7.66. The summed E-state index contributed by atoms with van der Waals surface area (Å²) in [5.74, 6) is 0. The maximum absolute atomic E-state index is 8.26. The molecule has 0 spiro atoms. The maximum Gasteiger partial charge on any atom is 0.146 e. The Kier molecular flexibility index (Phi) is 8.70. The molecule has 4 heteroatoms. The first-order valence-corrected chi connectivity index (χ1v) is 3.17. The molecule has 10 heavy (non-hydrogen) atoms. The van der Waals surface area contributed by atoms with Crippen LogP contribution < -0.4 is 0 Å². The molecule has 0 saturated carbocycles. The largest absolute Gasteiger partial charge is 0.394 e. The van der Waals surface area contributed by atoms with E-state index >= 15 is 0 Å². The first kappa shape index (κ1) is 9.84. The summed E-state index contributed by atoms with van der Waals surface area (Å²) in [6, 6.07) is 0. The van der Waals surface area contributed by atoms with Crippen molar-refractivity contribution >= 4 is 0 Å². The molecule has 0 aliphatic carbocycles. The SMILES string of the molecule is COCCOCOCCO. The minimum absolute atomic E-state index is 0.0354. The molecule has 0 heterocycles. The van der Waals surface area contributed by atoms with Crippen LogP contribution in [0.3, 0.4) is 0 Å². The number of hydrogen-bond acceptors (Lipinski definition) is 4. The minimum Gasteiger partial charge on any atom is -0.394 e. The van der Waals surface area contributed by atoms with Gasteiger partial charge in [0, 0.05) is 7.11 Å². The molecule has 1 N–H and O–H groups in total. The summed E-state index contributed by atoms with van der Waals surface area (Å²) in [6.45, 7) is 1.69. The van der Waals surface area contributed by atoms with Gasteiger partial charge < -0.3 is 19.3 Å². The fourth-order valence-corrected chi connectivity index (χ4v) is 0.384. The molecule has 0 aliphatic heterocycles. The molecule has 0 radical (unpaired) electrons. The van der Waals surface area contributed by atoms with Gasteiger partial charge in [-0.3, -0.25) is 0 Å². The lowest BCUT2D eigenvalue weighted by atomic mass is 10.8. The van der Waals surface area contributed by atoms with E-state index < -0.39 is 0 Å². The van der Waals surface area contributed by atoms with Crippen LogP contribution in [0.25, 0.3) is 0 Å². The van der Waals surface area contributed by atoms with E-state index in [0.717, 1.165) is 0 Å². The van der Waals surface area contributed by atoms with Crippen molar-refractivity contribution in [2.45, 2.75) is 0 Å². The molecule has 0 aromatic heterocycles.